The molecule has 1 aromatic carbocycles. The van der Waals surface area contributed by atoms with Gasteiger partial charge in [0, 0.05) is 11.2 Å². The predicted octanol–water partition coefficient (Wildman–Crippen LogP) is 3.20. The van der Waals surface area contributed by atoms with Crippen LogP contribution in [-0.4, -0.2) is 24.0 Å². The number of ether oxygens (including phenoxy) is 1. The van der Waals surface area contributed by atoms with E-state index in [1.807, 2.05) is 0 Å². The smallest absolute Gasteiger partial charge is 0.253 e. The van der Waals surface area contributed by atoms with Crippen LogP contribution in [0.1, 0.15) is 10.4 Å². The van der Waals surface area contributed by atoms with Gasteiger partial charge in [0.1, 0.15) is 12.4 Å². The third-order valence-corrected chi connectivity index (χ3v) is 3.13. The molecule has 1 heterocycles. The minimum atomic E-state index is -0.302. The molecule has 1 amide bonds. The lowest BCUT2D eigenvalue weighted by Crippen LogP contribution is -2.23. The molecule has 2 aromatic rings. The number of halogens is 2. The molecule has 0 atom stereocenters. The van der Waals surface area contributed by atoms with Gasteiger partial charge in [-0.1, -0.05) is 35.0 Å². The van der Waals surface area contributed by atoms with E-state index in [2.05, 4.69) is 22.1 Å². The largest absolute Gasteiger partial charge is 0.479 e. The first kappa shape index (κ1) is 16.2. The number of benzene rings is 1. The highest BCUT2D eigenvalue weighted by Crippen LogP contribution is 2.20. The molecule has 1 N–H and O–H groups in total. The number of carbonyl (C=O) groups excluding carboxylic acids is 1. The topological polar surface area (TPSA) is 51.2 Å². The predicted molar refractivity (Wildman–Crippen MR) is 86.3 cm³/mol. The van der Waals surface area contributed by atoms with Crippen LogP contribution in [0, 0.1) is 11.8 Å². The highest BCUT2D eigenvalue weighted by Gasteiger charge is 2.09. The SMILES string of the molecule is O=C(NCC#CCOc1cccnc1)c1ccc(Cl)cc1Cl. The Morgan fingerprint density at radius 1 is 1.27 bits per heavy atom. The maximum Gasteiger partial charge on any atom is 0.253 e. The van der Waals surface area contributed by atoms with Crippen molar-refractivity contribution in [3.8, 4) is 17.6 Å². The molecule has 112 valence electrons. The molecule has 22 heavy (non-hydrogen) atoms. The van der Waals surface area contributed by atoms with Crippen LogP contribution in [0.15, 0.2) is 42.7 Å². The molecule has 1 aromatic heterocycles. The van der Waals surface area contributed by atoms with E-state index in [0.717, 1.165) is 0 Å². The first-order valence-corrected chi connectivity index (χ1v) is 7.14. The van der Waals surface area contributed by atoms with Crippen LogP contribution in [0.4, 0.5) is 0 Å². The zero-order chi connectivity index (χ0) is 15.8. The van der Waals surface area contributed by atoms with E-state index < -0.39 is 0 Å². The first-order chi connectivity index (χ1) is 10.7. The summed E-state index contributed by atoms with van der Waals surface area (Å²) in [5.74, 6) is 5.93. The van der Waals surface area contributed by atoms with Gasteiger partial charge < -0.3 is 10.1 Å². The lowest BCUT2D eigenvalue weighted by Gasteiger charge is -2.04. The summed E-state index contributed by atoms with van der Waals surface area (Å²) >= 11 is 11.7. The second-order valence-corrected chi connectivity index (χ2v) is 4.98. The van der Waals surface area contributed by atoms with Gasteiger partial charge in [-0.3, -0.25) is 9.78 Å². The van der Waals surface area contributed by atoms with Crippen LogP contribution >= 0.6 is 23.2 Å². The van der Waals surface area contributed by atoms with E-state index in [4.69, 9.17) is 27.9 Å². The van der Waals surface area contributed by atoms with Crippen molar-refractivity contribution in [1.29, 1.82) is 0 Å². The summed E-state index contributed by atoms with van der Waals surface area (Å²) in [4.78, 5) is 15.8. The van der Waals surface area contributed by atoms with Crippen molar-refractivity contribution in [3.05, 3.63) is 58.3 Å². The third-order valence-electron chi connectivity index (χ3n) is 2.58. The molecule has 0 unspecified atom stereocenters. The van der Waals surface area contributed by atoms with Crippen molar-refractivity contribution >= 4 is 29.1 Å². The average molecular weight is 335 g/mol. The van der Waals surface area contributed by atoms with E-state index >= 15 is 0 Å². The van der Waals surface area contributed by atoms with Crippen molar-refractivity contribution in [2.75, 3.05) is 13.2 Å². The normalized spacial score (nSPS) is 9.55. The zero-order valence-corrected chi connectivity index (χ0v) is 13.0. The molecular formula is C16H12Cl2N2O2. The highest BCUT2D eigenvalue weighted by atomic mass is 35.5. The van der Waals surface area contributed by atoms with Crippen LogP contribution in [0.5, 0.6) is 5.75 Å². The molecule has 0 saturated heterocycles. The minimum Gasteiger partial charge on any atom is -0.479 e. The Labute approximate surface area is 138 Å². The van der Waals surface area contributed by atoms with Crippen LogP contribution in [-0.2, 0) is 0 Å². The number of hydrogen-bond donors (Lipinski definition) is 1. The monoisotopic (exact) mass is 334 g/mol. The van der Waals surface area contributed by atoms with Gasteiger partial charge in [-0.2, -0.15) is 0 Å². The molecule has 0 aliphatic carbocycles. The Bertz CT molecular complexity index is 709. The molecular weight excluding hydrogens is 323 g/mol. The first-order valence-electron chi connectivity index (χ1n) is 6.38. The molecule has 2 rings (SSSR count). The lowest BCUT2D eigenvalue weighted by molar-refractivity contribution is 0.0959. The third kappa shape index (κ3) is 4.96. The van der Waals surface area contributed by atoms with Gasteiger partial charge in [-0.15, -0.1) is 0 Å². The summed E-state index contributed by atoms with van der Waals surface area (Å²) in [7, 11) is 0. The number of pyridine rings is 1. The van der Waals surface area contributed by atoms with Crippen molar-refractivity contribution in [2.24, 2.45) is 0 Å². The molecule has 4 nitrogen and oxygen atoms in total. The molecule has 0 spiro atoms. The fourth-order valence-electron chi connectivity index (χ4n) is 1.56. The number of nitrogens with one attached hydrogen (secondary N) is 1. The maximum atomic E-state index is 11.9. The van der Waals surface area contributed by atoms with Crippen LogP contribution < -0.4 is 10.1 Å². The quantitative estimate of drug-likeness (QED) is 0.873. The van der Waals surface area contributed by atoms with Gasteiger partial charge in [0.05, 0.1) is 23.3 Å². The van der Waals surface area contributed by atoms with Crippen LogP contribution in [0.2, 0.25) is 10.0 Å². The molecule has 0 radical (unpaired) electrons. The van der Waals surface area contributed by atoms with Gasteiger partial charge in [0.2, 0.25) is 0 Å². The Balaban J connectivity index is 1.77. The number of aromatic nitrogens is 1. The highest BCUT2D eigenvalue weighted by molar-refractivity contribution is 6.36. The van der Waals surface area contributed by atoms with Gasteiger partial charge >= 0.3 is 0 Å². The average Bonchev–Trinajstić information content (AvgIpc) is 2.51. The van der Waals surface area contributed by atoms with Gasteiger partial charge in [-0.25, -0.2) is 0 Å². The number of nitrogens with zero attached hydrogens (tertiary/aromatic N) is 1. The summed E-state index contributed by atoms with van der Waals surface area (Å²) in [6.07, 6.45) is 3.27. The van der Waals surface area contributed by atoms with Gasteiger partial charge in [-0.05, 0) is 30.3 Å². The summed E-state index contributed by atoms with van der Waals surface area (Å²) in [5, 5.41) is 3.43. The van der Waals surface area contributed by atoms with Crippen molar-refractivity contribution in [2.45, 2.75) is 0 Å². The van der Waals surface area contributed by atoms with Crippen molar-refractivity contribution < 1.29 is 9.53 Å². The van der Waals surface area contributed by atoms with Crippen molar-refractivity contribution in [1.82, 2.24) is 10.3 Å². The molecule has 6 heteroatoms. The summed E-state index contributed by atoms with van der Waals surface area (Å²) in [6, 6.07) is 8.26. The molecule has 0 fully saturated rings. The molecule has 0 aliphatic heterocycles. The summed E-state index contributed by atoms with van der Waals surface area (Å²) < 4.78 is 5.35. The summed E-state index contributed by atoms with van der Waals surface area (Å²) in [5.41, 5.74) is 0.361. The minimum absolute atomic E-state index is 0.203. The lowest BCUT2D eigenvalue weighted by atomic mass is 10.2. The van der Waals surface area contributed by atoms with E-state index in [-0.39, 0.29) is 19.1 Å². The van der Waals surface area contributed by atoms with Crippen LogP contribution in [0.3, 0.4) is 0 Å². The van der Waals surface area contributed by atoms with E-state index in [9.17, 15) is 4.79 Å². The Morgan fingerprint density at radius 3 is 2.86 bits per heavy atom. The van der Waals surface area contributed by atoms with Crippen LogP contribution in [0.25, 0.3) is 0 Å². The Hall–Kier alpha value is -2.22. The number of carbonyl (C=O) groups is 1. The molecule has 0 bridgehead atoms. The summed E-state index contributed by atoms with van der Waals surface area (Å²) in [6.45, 7) is 0.428. The van der Waals surface area contributed by atoms with Gasteiger partial charge in [0.15, 0.2) is 0 Å². The second kappa shape index (κ2) is 8.28. The fraction of sp³-hybridized carbons (Fsp3) is 0.125. The Morgan fingerprint density at radius 2 is 2.14 bits per heavy atom. The van der Waals surface area contributed by atoms with E-state index in [1.54, 1.807) is 36.7 Å². The number of hydrogen-bond acceptors (Lipinski definition) is 3. The molecule has 0 aliphatic rings. The molecule has 0 saturated carbocycles. The van der Waals surface area contributed by atoms with E-state index in [1.165, 1.54) is 6.07 Å². The fourth-order valence-corrected chi connectivity index (χ4v) is 2.05. The second-order valence-electron chi connectivity index (χ2n) is 4.14. The number of amides is 1. The van der Waals surface area contributed by atoms with Gasteiger partial charge in [0.25, 0.3) is 5.91 Å². The van der Waals surface area contributed by atoms with Crippen molar-refractivity contribution in [3.63, 3.8) is 0 Å². The number of rotatable bonds is 4. The zero-order valence-electron chi connectivity index (χ0n) is 11.5. The van der Waals surface area contributed by atoms with E-state index in [0.29, 0.717) is 21.4 Å². The Kier molecular flexibility index (Phi) is 6.08. The maximum absolute atomic E-state index is 11.9. The standard InChI is InChI=1S/C16H12Cl2N2O2/c17-12-5-6-14(15(18)10-12)16(21)20-8-1-2-9-22-13-4-3-7-19-11-13/h3-7,10-11H,8-9H2,(H,20,21).